The van der Waals surface area contributed by atoms with Crippen LogP contribution < -0.4 is 0 Å². The number of hydrogen-bond acceptors (Lipinski definition) is 3. The van der Waals surface area contributed by atoms with E-state index in [1.165, 1.54) is 64.0 Å². The van der Waals surface area contributed by atoms with Crippen LogP contribution >= 0.6 is 11.3 Å². The monoisotopic (exact) mass is 718 g/mol. The Morgan fingerprint density at radius 2 is 0.873 bits per heavy atom. The molecule has 0 saturated heterocycles. The molecule has 4 heterocycles. The van der Waals surface area contributed by atoms with Crippen LogP contribution in [0.4, 0.5) is 0 Å². The Bertz CT molecular complexity index is 3500. The number of rotatable bonds is 4. The van der Waals surface area contributed by atoms with Crippen molar-refractivity contribution in [2.45, 2.75) is 0 Å². The fourth-order valence-electron chi connectivity index (χ4n) is 8.72. The SMILES string of the molecule is c1ccc(-c2nc3ccccc3nc2-c2cccc(-n3c4ccccc4c4c5c6ccccc6n(-c6ccc7sc8ccccc8c7c6)c5ccc43)c2)cc1. The van der Waals surface area contributed by atoms with Gasteiger partial charge in [-0.1, -0.05) is 109 Å². The summed E-state index contributed by atoms with van der Waals surface area (Å²) >= 11 is 1.86. The average Bonchev–Trinajstić information content (AvgIpc) is 3.91. The van der Waals surface area contributed by atoms with E-state index in [9.17, 15) is 0 Å². The number of benzene rings is 8. The summed E-state index contributed by atoms with van der Waals surface area (Å²) in [7, 11) is 0. The predicted molar refractivity (Wildman–Crippen MR) is 232 cm³/mol. The predicted octanol–water partition coefficient (Wildman–Crippen LogP) is 13.5. The summed E-state index contributed by atoms with van der Waals surface area (Å²) < 4.78 is 7.50. The van der Waals surface area contributed by atoms with E-state index >= 15 is 0 Å². The number of para-hydroxylation sites is 4. The van der Waals surface area contributed by atoms with Crippen molar-refractivity contribution >= 4 is 86.2 Å². The largest absolute Gasteiger partial charge is 0.309 e. The van der Waals surface area contributed by atoms with Crippen molar-refractivity contribution in [3.8, 4) is 33.9 Å². The minimum atomic E-state index is 0.869. The standard InChI is InChI=1S/C50H30N4S/c1-2-13-31(14-3-1)49-50(52-40-21-8-7-20-39(40)51-49)32-15-12-16-33(29-32)53-41-22-9-4-18-36(41)47-43(53)26-27-44-48(47)37-19-5-10-23-42(37)54(44)34-25-28-46-38(30-34)35-17-6-11-24-45(35)55-46/h1-30H. The third kappa shape index (κ3) is 4.51. The molecule has 55 heavy (non-hydrogen) atoms. The van der Waals surface area contributed by atoms with Crippen molar-refractivity contribution in [3.63, 3.8) is 0 Å². The van der Waals surface area contributed by atoms with Crippen molar-refractivity contribution in [1.29, 1.82) is 0 Å². The maximum Gasteiger partial charge on any atom is 0.0973 e. The Hall–Kier alpha value is -7.08. The van der Waals surface area contributed by atoms with Gasteiger partial charge in [0.2, 0.25) is 0 Å². The first-order chi connectivity index (χ1) is 27.3. The van der Waals surface area contributed by atoms with Crippen LogP contribution in [0.1, 0.15) is 0 Å². The first-order valence-electron chi connectivity index (χ1n) is 18.6. The van der Waals surface area contributed by atoms with Crippen LogP contribution in [0.5, 0.6) is 0 Å². The molecule has 0 amide bonds. The molecule has 256 valence electrons. The summed E-state index contributed by atoms with van der Waals surface area (Å²) in [6.07, 6.45) is 0. The Balaban J connectivity index is 1.11. The molecule has 0 fully saturated rings. The Morgan fingerprint density at radius 1 is 0.345 bits per heavy atom. The number of aromatic nitrogens is 4. The minimum absolute atomic E-state index is 0.869. The van der Waals surface area contributed by atoms with Gasteiger partial charge in [0, 0.05) is 64.2 Å². The second-order valence-electron chi connectivity index (χ2n) is 14.2. The van der Waals surface area contributed by atoms with Gasteiger partial charge in [-0.2, -0.15) is 0 Å². The Kier molecular flexibility index (Phi) is 6.47. The van der Waals surface area contributed by atoms with E-state index in [2.05, 4.69) is 161 Å². The van der Waals surface area contributed by atoms with E-state index in [-0.39, 0.29) is 0 Å². The lowest BCUT2D eigenvalue weighted by Gasteiger charge is -2.13. The molecule has 4 nitrogen and oxygen atoms in total. The molecule has 0 spiro atoms. The summed E-state index contributed by atoms with van der Waals surface area (Å²) in [4.78, 5) is 10.4. The van der Waals surface area contributed by atoms with Crippen molar-refractivity contribution in [3.05, 3.63) is 182 Å². The van der Waals surface area contributed by atoms with Gasteiger partial charge in [0.1, 0.15) is 0 Å². The fraction of sp³-hybridized carbons (Fsp3) is 0. The van der Waals surface area contributed by atoms with E-state index < -0.39 is 0 Å². The number of fused-ring (bicyclic) bond motifs is 11. The summed E-state index contributed by atoms with van der Waals surface area (Å²) in [5, 5.41) is 7.60. The molecular weight excluding hydrogens is 689 g/mol. The molecular formula is C50H30N4S. The van der Waals surface area contributed by atoms with Gasteiger partial charge >= 0.3 is 0 Å². The zero-order valence-electron chi connectivity index (χ0n) is 29.5. The summed E-state index contributed by atoms with van der Waals surface area (Å²) in [5.74, 6) is 0. The van der Waals surface area contributed by atoms with Crippen molar-refractivity contribution in [2.75, 3.05) is 0 Å². The Morgan fingerprint density at radius 3 is 1.56 bits per heavy atom. The van der Waals surface area contributed by atoms with Crippen molar-refractivity contribution in [1.82, 2.24) is 19.1 Å². The average molecular weight is 719 g/mol. The van der Waals surface area contributed by atoms with E-state index in [0.717, 1.165) is 44.8 Å². The lowest BCUT2D eigenvalue weighted by atomic mass is 10.0. The first-order valence-corrected chi connectivity index (χ1v) is 19.4. The summed E-state index contributed by atoms with van der Waals surface area (Å²) in [6, 6.07) is 65.3. The lowest BCUT2D eigenvalue weighted by Crippen LogP contribution is -1.98. The van der Waals surface area contributed by atoms with Gasteiger partial charge in [-0.15, -0.1) is 11.3 Å². The lowest BCUT2D eigenvalue weighted by molar-refractivity contribution is 1.17. The maximum absolute atomic E-state index is 5.23. The molecule has 0 aliphatic rings. The fourth-order valence-corrected chi connectivity index (χ4v) is 9.81. The van der Waals surface area contributed by atoms with E-state index in [1.54, 1.807) is 0 Å². The molecule has 5 heteroatoms. The van der Waals surface area contributed by atoms with Gasteiger partial charge in [0.05, 0.1) is 44.5 Å². The van der Waals surface area contributed by atoms with Crippen LogP contribution in [-0.4, -0.2) is 19.1 Å². The van der Waals surface area contributed by atoms with Crippen LogP contribution in [0.15, 0.2) is 182 Å². The van der Waals surface area contributed by atoms with Crippen LogP contribution in [-0.2, 0) is 0 Å². The molecule has 0 saturated carbocycles. The topological polar surface area (TPSA) is 35.6 Å². The highest BCUT2D eigenvalue weighted by atomic mass is 32.1. The molecule has 12 aromatic rings. The maximum atomic E-state index is 5.23. The summed E-state index contributed by atoms with van der Waals surface area (Å²) in [6.45, 7) is 0. The first kappa shape index (κ1) is 30.4. The van der Waals surface area contributed by atoms with Gasteiger partial charge in [-0.3, -0.25) is 0 Å². The highest BCUT2D eigenvalue weighted by Gasteiger charge is 2.22. The van der Waals surface area contributed by atoms with Gasteiger partial charge in [-0.05, 0) is 72.8 Å². The van der Waals surface area contributed by atoms with Gasteiger partial charge in [0.25, 0.3) is 0 Å². The highest BCUT2D eigenvalue weighted by molar-refractivity contribution is 7.25. The molecule has 0 radical (unpaired) electrons. The smallest absolute Gasteiger partial charge is 0.0973 e. The molecule has 8 aromatic carbocycles. The molecule has 0 bridgehead atoms. The van der Waals surface area contributed by atoms with Crippen molar-refractivity contribution < 1.29 is 0 Å². The van der Waals surface area contributed by atoms with Crippen LogP contribution in [0.25, 0.3) is 109 Å². The second kappa shape index (κ2) is 11.7. The van der Waals surface area contributed by atoms with Crippen LogP contribution in [0.2, 0.25) is 0 Å². The third-order valence-electron chi connectivity index (χ3n) is 11.1. The normalized spacial score (nSPS) is 12.0. The van der Waals surface area contributed by atoms with Gasteiger partial charge in [0.15, 0.2) is 0 Å². The third-order valence-corrected chi connectivity index (χ3v) is 12.2. The molecule has 0 unspecified atom stereocenters. The zero-order chi connectivity index (χ0) is 36.0. The van der Waals surface area contributed by atoms with Crippen LogP contribution in [0, 0.1) is 0 Å². The summed E-state index contributed by atoms with van der Waals surface area (Å²) in [5.41, 5.74) is 12.6. The van der Waals surface area contributed by atoms with E-state index in [1.807, 2.05) is 41.7 Å². The number of thiophene rings is 1. The molecule has 12 rings (SSSR count). The van der Waals surface area contributed by atoms with Gasteiger partial charge < -0.3 is 9.13 Å². The quantitative estimate of drug-likeness (QED) is 0.182. The van der Waals surface area contributed by atoms with E-state index in [4.69, 9.17) is 9.97 Å². The Labute approximate surface area is 319 Å². The number of hydrogen-bond donors (Lipinski definition) is 0. The molecule has 0 aliphatic heterocycles. The zero-order valence-corrected chi connectivity index (χ0v) is 30.3. The van der Waals surface area contributed by atoms with Crippen molar-refractivity contribution in [2.24, 2.45) is 0 Å². The van der Waals surface area contributed by atoms with Gasteiger partial charge in [-0.25, -0.2) is 9.97 Å². The molecule has 0 aliphatic carbocycles. The minimum Gasteiger partial charge on any atom is -0.309 e. The second-order valence-corrected chi connectivity index (χ2v) is 15.2. The number of nitrogens with zero attached hydrogens (tertiary/aromatic N) is 4. The van der Waals surface area contributed by atoms with Crippen LogP contribution in [0.3, 0.4) is 0 Å². The van der Waals surface area contributed by atoms with E-state index in [0.29, 0.717) is 0 Å². The molecule has 0 atom stereocenters. The highest BCUT2D eigenvalue weighted by Crippen LogP contribution is 2.44. The molecule has 4 aromatic heterocycles. The molecule has 0 N–H and O–H groups in total.